The fourth-order valence-electron chi connectivity index (χ4n) is 3.20. The monoisotopic (exact) mass is 411 g/mol. The number of aliphatic hydroxyl groups excluding tert-OH is 1. The van der Waals surface area contributed by atoms with Crippen molar-refractivity contribution < 1.29 is 27.4 Å². The summed E-state index contributed by atoms with van der Waals surface area (Å²) < 4.78 is 60.1. The summed E-state index contributed by atoms with van der Waals surface area (Å²) >= 11 is 0. The molecule has 0 spiro atoms. The Bertz CT molecular complexity index is 1030. The third-order valence-corrected chi connectivity index (χ3v) is 4.64. The zero-order valence-corrected chi connectivity index (χ0v) is 15.0. The van der Waals surface area contributed by atoms with Crippen molar-refractivity contribution in [2.24, 2.45) is 0 Å². The Hall–Kier alpha value is -2.79. The Kier molecular flexibility index (Phi) is 5.33. The van der Waals surface area contributed by atoms with E-state index in [0.29, 0.717) is 13.0 Å². The lowest BCUT2D eigenvalue weighted by atomic mass is 10.1. The molecule has 1 fully saturated rings. The summed E-state index contributed by atoms with van der Waals surface area (Å²) in [6, 6.07) is 1.65. The number of pyridine rings is 1. The largest absolute Gasteiger partial charge is 0.389 e. The van der Waals surface area contributed by atoms with E-state index < -0.39 is 30.6 Å². The van der Waals surface area contributed by atoms with Crippen LogP contribution in [0.15, 0.2) is 24.5 Å². The van der Waals surface area contributed by atoms with E-state index in [9.17, 15) is 22.7 Å². The molecule has 2 N–H and O–H groups in total. The summed E-state index contributed by atoms with van der Waals surface area (Å²) in [4.78, 5) is 7.93. The second-order valence-electron chi connectivity index (χ2n) is 6.71. The first-order valence-electron chi connectivity index (χ1n) is 8.92. The number of alkyl halides is 2. The fourth-order valence-corrected chi connectivity index (χ4v) is 3.20. The van der Waals surface area contributed by atoms with Gasteiger partial charge in [0.05, 0.1) is 30.6 Å². The highest BCUT2D eigenvalue weighted by atomic mass is 19.3. The Morgan fingerprint density at radius 3 is 2.76 bits per heavy atom. The van der Waals surface area contributed by atoms with Crippen LogP contribution in [0.4, 0.5) is 23.5 Å². The number of halogens is 4. The molecule has 0 aliphatic carbocycles. The summed E-state index contributed by atoms with van der Waals surface area (Å²) in [5.74, 6) is -1.44. The minimum Gasteiger partial charge on any atom is -0.389 e. The molecule has 4 rings (SSSR count). The van der Waals surface area contributed by atoms with E-state index in [1.165, 1.54) is 6.20 Å². The number of hydrogen-bond donors (Lipinski definition) is 2. The normalized spacial score (nSPS) is 19.8. The molecule has 0 amide bonds. The number of nitrogens with one attached hydrogen (secondary N) is 1. The van der Waals surface area contributed by atoms with Gasteiger partial charge in [-0.15, -0.1) is 5.10 Å². The summed E-state index contributed by atoms with van der Waals surface area (Å²) in [5, 5.41) is 17.1. The number of aliphatic hydroxyl groups is 1. The maximum Gasteiger partial charge on any atom is 0.242 e. The van der Waals surface area contributed by atoms with Crippen LogP contribution >= 0.6 is 0 Å². The van der Waals surface area contributed by atoms with Crippen LogP contribution in [0.3, 0.4) is 0 Å². The van der Waals surface area contributed by atoms with Gasteiger partial charge in [0.1, 0.15) is 11.2 Å². The number of nitrogens with zero attached hydrogens (tertiary/aromatic N) is 4. The second-order valence-corrected chi connectivity index (χ2v) is 6.71. The van der Waals surface area contributed by atoms with E-state index in [1.54, 1.807) is 0 Å². The van der Waals surface area contributed by atoms with E-state index in [0.717, 1.165) is 22.8 Å². The molecule has 3 aromatic rings. The lowest BCUT2D eigenvalue weighted by molar-refractivity contribution is -0.0136. The van der Waals surface area contributed by atoms with Gasteiger partial charge in [-0.3, -0.25) is 4.98 Å². The third kappa shape index (κ3) is 4.01. The number of aromatic nitrogens is 4. The highest BCUT2D eigenvalue weighted by Gasteiger charge is 2.25. The van der Waals surface area contributed by atoms with Crippen LogP contribution in [-0.2, 0) is 11.2 Å². The van der Waals surface area contributed by atoms with Gasteiger partial charge in [0.15, 0.2) is 11.6 Å². The predicted molar refractivity (Wildman–Crippen MR) is 94.7 cm³/mol. The molecule has 0 aromatic carbocycles. The highest BCUT2D eigenvalue weighted by Crippen LogP contribution is 2.26. The molecule has 0 radical (unpaired) electrons. The van der Waals surface area contributed by atoms with Crippen LogP contribution in [0.1, 0.15) is 12.0 Å². The number of hydrogen-bond acceptors (Lipinski definition) is 6. The van der Waals surface area contributed by atoms with Crippen molar-refractivity contribution in [2.45, 2.75) is 31.4 Å². The van der Waals surface area contributed by atoms with Gasteiger partial charge in [0, 0.05) is 25.3 Å². The van der Waals surface area contributed by atoms with Crippen LogP contribution in [0.2, 0.25) is 0 Å². The molecule has 1 aliphatic rings. The van der Waals surface area contributed by atoms with Crippen molar-refractivity contribution >= 4 is 11.5 Å². The highest BCUT2D eigenvalue weighted by molar-refractivity contribution is 5.65. The summed E-state index contributed by atoms with van der Waals surface area (Å²) in [7, 11) is 0. The van der Waals surface area contributed by atoms with Crippen LogP contribution < -0.4 is 5.32 Å². The first-order valence-corrected chi connectivity index (χ1v) is 8.92. The SMILES string of the molecule is O[C@@H]1COCC[C@H]1Nc1ncc2c(F)cc(-c3ncc(CC(F)F)cc3F)n2n1. The molecule has 1 aliphatic heterocycles. The Labute approximate surface area is 162 Å². The minimum absolute atomic E-state index is 0.00377. The lowest BCUT2D eigenvalue weighted by Gasteiger charge is -2.28. The molecule has 1 saturated heterocycles. The summed E-state index contributed by atoms with van der Waals surface area (Å²) in [6.07, 6.45) is -1.14. The van der Waals surface area contributed by atoms with Crippen molar-refractivity contribution in [3.05, 3.63) is 41.7 Å². The van der Waals surface area contributed by atoms with E-state index in [4.69, 9.17) is 4.74 Å². The average Bonchev–Trinajstić information content (AvgIpc) is 2.99. The van der Waals surface area contributed by atoms with Gasteiger partial charge in [0.25, 0.3) is 0 Å². The molecule has 0 saturated carbocycles. The van der Waals surface area contributed by atoms with E-state index >= 15 is 0 Å². The van der Waals surface area contributed by atoms with Gasteiger partial charge in [-0.1, -0.05) is 0 Å². The van der Waals surface area contributed by atoms with Crippen molar-refractivity contribution in [1.29, 1.82) is 0 Å². The van der Waals surface area contributed by atoms with Gasteiger partial charge in [-0.25, -0.2) is 27.1 Å². The van der Waals surface area contributed by atoms with Crippen molar-refractivity contribution in [2.75, 3.05) is 18.5 Å². The predicted octanol–water partition coefficient (Wildman–Crippen LogP) is 2.44. The molecular weight excluding hydrogens is 394 g/mol. The Morgan fingerprint density at radius 1 is 1.21 bits per heavy atom. The molecule has 0 bridgehead atoms. The molecule has 154 valence electrons. The maximum absolute atomic E-state index is 14.5. The first kappa shape index (κ1) is 19.5. The van der Waals surface area contributed by atoms with Gasteiger partial charge < -0.3 is 15.2 Å². The quantitative estimate of drug-likeness (QED) is 0.628. The number of fused-ring (bicyclic) bond motifs is 1. The van der Waals surface area contributed by atoms with Gasteiger partial charge >= 0.3 is 0 Å². The minimum atomic E-state index is -2.63. The third-order valence-electron chi connectivity index (χ3n) is 4.64. The van der Waals surface area contributed by atoms with E-state index in [1.807, 2.05) is 0 Å². The summed E-state index contributed by atoms with van der Waals surface area (Å²) in [6.45, 7) is 0.629. The zero-order valence-electron chi connectivity index (χ0n) is 15.0. The van der Waals surface area contributed by atoms with Gasteiger partial charge in [-0.2, -0.15) is 0 Å². The Balaban J connectivity index is 1.69. The number of ether oxygens (including phenoxy) is 1. The fraction of sp³-hybridized carbons (Fsp3) is 0.389. The smallest absolute Gasteiger partial charge is 0.242 e. The molecule has 29 heavy (non-hydrogen) atoms. The van der Waals surface area contributed by atoms with Crippen LogP contribution in [0.25, 0.3) is 16.9 Å². The second kappa shape index (κ2) is 7.91. The maximum atomic E-state index is 14.5. The summed E-state index contributed by atoms with van der Waals surface area (Å²) in [5.41, 5.74) is -0.182. The van der Waals surface area contributed by atoms with Crippen molar-refractivity contribution in [3.63, 3.8) is 0 Å². The van der Waals surface area contributed by atoms with Crippen LogP contribution in [-0.4, -0.2) is 56.5 Å². The van der Waals surface area contributed by atoms with Crippen LogP contribution in [0.5, 0.6) is 0 Å². The molecule has 4 heterocycles. The van der Waals surface area contributed by atoms with Crippen LogP contribution in [0, 0.1) is 11.6 Å². The molecule has 0 unspecified atom stereocenters. The van der Waals surface area contributed by atoms with Crippen molar-refractivity contribution in [1.82, 2.24) is 19.6 Å². The molecule has 7 nitrogen and oxygen atoms in total. The topological polar surface area (TPSA) is 84.6 Å². The zero-order chi connectivity index (χ0) is 20.5. The lowest BCUT2D eigenvalue weighted by Crippen LogP contribution is -2.42. The molecular formula is C18H17F4N5O2. The van der Waals surface area contributed by atoms with Gasteiger partial charge in [0.2, 0.25) is 12.4 Å². The standard InChI is InChI=1S/C18H17F4N5O2/c19-10-5-13(17-11(20)3-9(6-23-17)4-16(21)22)27-14(10)7-24-18(26-27)25-12-1-2-29-8-15(12)28/h3,5-7,12,15-16,28H,1-2,4,8H2,(H,25,26)/t12-,15-/m1/s1. The van der Waals surface area contributed by atoms with E-state index in [-0.39, 0.29) is 41.1 Å². The van der Waals surface area contributed by atoms with E-state index in [2.05, 4.69) is 20.4 Å². The first-order chi connectivity index (χ1) is 13.9. The van der Waals surface area contributed by atoms with Gasteiger partial charge in [-0.05, 0) is 18.1 Å². The number of rotatable bonds is 5. The van der Waals surface area contributed by atoms with Crippen molar-refractivity contribution in [3.8, 4) is 11.4 Å². The number of anilines is 1. The molecule has 2 atom stereocenters. The molecule has 11 heteroatoms. The average molecular weight is 411 g/mol. The molecule has 3 aromatic heterocycles. The Morgan fingerprint density at radius 2 is 2.03 bits per heavy atom.